The van der Waals surface area contributed by atoms with Gasteiger partial charge in [-0.2, -0.15) is 13.2 Å². The summed E-state index contributed by atoms with van der Waals surface area (Å²) in [5.41, 5.74) is 1.86. The molecule has 0 saturated carbocycles. The van der Waals surface area contributed by atoms with Crippen LogP contribution in [0.2, 0.25) is 0 Å². The van der Waals surface area contributed by atoms with Gasteiger partial charge in [-0.05, 0) is 127 Å². The Labute approximate surface area is 369 Å². The van der Waals surface area contributed by atoms with Gasteiger partial charge in [0, 0.05) is 0 Å². The number of aryl methyl sites for hydroxylation is 1. The van der Waals surface area contributed by atoms with E-state index in [0.29, 0.717) is 11.5 Å². The summed E-state index contributed by atoms with van der Waals surface area (Å²) in [5.74, 6) is -0.216. The molecule has 6 aromatic rings. The van der Waals surface area contributed by atoms with E-state index in [2.05, 4.69) is 0 Å². The Balaban J connectivity index is 0.000000413. The second-order valence-electron chi connectivity index (χ2n) is 13.6. The summed E-state index contributed by atoms with van der Waals surface area (Å²) in [7, 11) is -7.50. The first-order chi connectivity index (χ1) is 29.4. The molecule has 0 spiro atoms. The lowest BCUT2D eigenvalue weighted by molar-refractivity contribution is -0.137. The van der Waals surface area contributed by atoms with Crippen molar-refractivity contribution in [2.45, 2.75) is 99.9 Å². The fourth-order valence-corrected chi connectivity index (χ4v) is 7.78. The number of para-hydroxylation sites is 2. The van der Waals surface area contributed by atoms with Gasteiger partial charge in [0.1, 0.15) is 32.8 Å². The maximum absolute atomic E-state index is 12.4. The summed E-state index contributed by atoms with van der Waals surface area (Å²) >= 11 is 0. The second-order valence-corrected chi connectivity index (χ2v) is 17.5. The van der Waals surface area contributed by atoms with Crippen LogP contribution in [0.4, 0.5) is 13.2 Å². The van der Waals surface area contributed by atoms with Crippen LogP contribution < -0.4 is 0 Å². The van der Waals surface area contributed by atoms with Crippen LogP contribution >= 0.6 is 0 Å². The number of alkyl halides is 3. The van der Waals surface area contributed by atoms with E-state index in [-0.39, 0.29) is 60.0 Å². The predicted octanol–water partition coefficient (Wildman–Crippen LogP) is 12.3. The van der Waals surface area contributed by atoms with Crippen molar-refractivity contribution in [1.29, 1.82) is 0 Å². The minimum atomic E-state index is -4.24. The molecular weight excluding hydrogens is 858 g/mol. The molecule has 0 fully saturated rings. The van der Waals surface area contributed by atoms with E-state index in [1.165, 1.54) is 103 Å². The molecule has 0 radical (unpaired) electrons. The molecule has 342 valence electrons. The van der Waals surface area contributed by atoms with E-state index < -0.39 is 31.4 Å². The number of phenols is 6. The molecule has 63 heavy (non-hydrogen) atoms. The van der Waals surface area contributed by atoms with E-state index in [1.54, 1.807) is 37.3 Å². The van der Waals surface area contributed by atoms with Crippen molar-refractivity contribution < 1.29 is 60.6 Å². The normalized spacial score (nSPS) is 10.8. The summed E-state index contributed by atoms with van der Waals surface area (Å²) in [4.78, 5) is -0.245. The summed E-state index contributed by atoms with van der Waals surface area (Å²) in [6.45, 7) is 17.5. The molecule has 6 N–H and O–H groups in total. The standard InChI is InChI=1S/2C12H10O4S.C11H13F3.C9H12O2.2C2H6/c2*13-9-5-7-10(8-6-9)17(15,16)12-4-2-1-3-11(12)14;1-7(2)9-4-8(3)5-10(6-9)11(12,13)14;1-6(2)7-3-4-8(10)9(11)5-7;2*1-2/h2*1-8,13-14H;4-7H,1-3H3;3-6,10-11H,1-2H3;2*1-2H3. The quantitative estimate of drug-likeness (QED) is 0.0877. The molecule has 6 aromatic carbocycles. The highest BCUT2D eigenvalue weighted by molar-refractivity contribution is 7.92. The van der Waals surface area contributed by atoms with Crippen LogP contribution in [0.15, 0.2) is 153 Å². The van der Waals surface area contributed by atoms with E-state index in [4.69, 9.17) is 20.4 Å². The van der Waals surface area contributed by atoms with Crippen molar-refractivity contribution in [3.8, 4) is 34.5 Å². The highest BCUT2D eigenvalue weighted by Gasteiger charge is 2.31. The Bertz CT molecular complexity index is 2420. The highest BCUT2D eigenvalue weighted by Crippen LogP contribution is 2.33. The van der Waals surface area contributed by atoms with E-state index >= 15 is 0 Å². The third-order valence-corrected chi connectivity index (χ3v) is 12.0. The Kier molecular flexibility index (Phi) is 21.8. The molecule has 6 rings (SSSR count). The minimum absolute atomic E-state index is 0.0127. The van der Waals surface area contributed by atoms with Crippen LogP contribution in [-0.2, 0) is 25.9 Å². The SMILES string of the molecule is CC.CC.CC(C)c1ccc(O)c(O)c1.Cc1cc(C(C)C)cc(C(F)(F)F)c1.O=S(=O)(c1ccc(O)cc1)c1ccccc1O.O=S(=O)(c1ccc(O)cc1)c1ccccc1O. The number of rotatable bonds is 6. The maximum atomic E-state index is 12.4. The van der Waals surface area contributed by atoms with Gasteiger partial charge in [0.2, 0.25) is 19.7 Å². The van der Waals surface area contributed by atoms with Gasteiger partial charge in [-0.15, -0.1) is 0 Å². The molecule has 0 aliphatic rings. The van der Waals surface area contributed by atoms with Crippen LogP contribution in [-0.4, -0.2) is 47.5 Å². The molecule has 10 nitrogen and oxygen atoms in total. The van der Waals surface area contributed by atoms with Gasteiger partial charge < -0.3 is 30.6 Å². The lowest BCUT2D eigenvalue weighted by Crippen LogP contribution is -2.06. The van der Waals surface area contributed by atoms with Crippen molar-refractivity contribution in [3.63, 3.8) is 0 Å². The van der Waals surface area contributed by atoms with E-state index in [1.807, 2.05) is 55.4 Å². The smallest absolute Gasteiger partial charge is 0.416 e. The molecule has 0 aromatic heterocycles. The van der Waals surface area contributed by atoms with Gasteiger partial charge in [0.15, 0.2) is 11.5 Å². The number of halogens is 3. The average Bonchev–Trinajstić information content (AvgIpc) is 3.24. The first-order valence-electron chi connectivity index (χ1n) is 19.8. The predicted molar refractivity (Wildman–Crippen MR) is 240 cm³/mol. The van der Waals surface area contributed by atoms with Gasteiger partial charge in [0.25, 0.3) is 0 Å². The summed E-state index contributed by atoms with van der Waals surface area (Å²) in [6.07, 6.45) is -4.24. The molecule has 0 atom stereocenters. The molecule has 0 amide bonds. The van der Waals surface area contributed by atoms with Crippen molar-refractivity contribution in [1.82, 2.24) is 0 Å². The van der Waals surface area contributed by atoms with Gasteiger partial charge in [-0.25, -0.2) is 16.8 Å². The first kappa shape index (κ1) is 54.8. The van der Waals surface area contributed by atoms with Crippen molar-refractivity contribution in [2.24, 2.45) is 0 Å². The van der Waals surface area contributed by atoms with Crippen LogP contribution in [0, 0.1) is 6.92 Å². The fourth-order valence-electron chi connectivity index (χ4n) is 5.08. The molecule has 15 heteroatoms. The number of hydrogen-bond acceptors (Lipinski definition) is 10. The largest absolute Gasteiger partial charge is 0.508 e. The topological polar surface area (TPSA) is 190 Å². The highest BCUT2D eigenvalue weighted by atomic mass is 32.2. The molecule has 0 aliphatic carbocycles. The Hall–Kier alpha value is -6.19. The molecule has 0 bridgehead atoms. The number of sulfone groups is 2. The number of benzene rings is 6. The summed E-state index contributed by atoms with van der Waals surface area (Å²) in [5, 5.41) is 55.3. The van der Waals surface area contributed by atoms with Crippen LogP contribution in [0.25, 0.3) is 0 Å². The first-order valence-corrected chi connectivity index (χ1v) is 22.8. The molecule has 0 aliphatic heterocycles. The summed E-state index contributed by atoms with van der Waals surface area (Å²) < 4.78 is 85.7. The van der Waals surface area contributed by atoms with Crippen molar-refractivity contribution >= 4 is 19.7 Å². The fraction of sp³-hybridized carbons (Fsp3) is 0.250. The zero-order chi connectivity index (χ0) is 48.3. The second kappa shape index (κ2) is 25.1. The third-order valence-electron chi connectivity index (χ3n) is 8.36. The molecular formula is C48H57F3O10S2. The number of aromatic hydroxyl groups is 6. The monoisotopic (exact) mass is 914 g/mol. The van der Waals surface area contributed by atoms with Gasteiger partial charge in [0.05, 0.1) is 15.4 Å². The van der Waals surface area contributed by atoms with Crippen LogP contribution in [0.3, 0.4) is 0 Å². The van der Waals surface area contributed by atoms with Crippen molar-refractivity contribution in [3.05, 3.63) is 156 Å². The maximum Gasteiger partial charge on any atom is 0.416 e. The van der Waals surface area contributed by atoms with Gasteiger partial charge in [-0.3, -0.25) is 0 Å². The zero-order valence-corrected chi connectivity index (χ0v) is 38.3. The Morgan fingerprint density at radius 3 is 1.16 bits per heavy atom. The Morgan fingerprint density at radius 2 is 0.825 bits per heavy atom. The lowest BCUT2D eigenvalue weighted by atomic mass is 9.98. The van der Waals surface area contributed by atoms with E-state index in [0.717, 1.165) is 11.1 Å². The van der Waals surface area contributed by atoms with Gasteiger partial charge in [-0.1, -0.05) is 97.4 Å². The van der Waals surface area contributed by atoms with Crippen molar-refractivity contribution in [2.75, 3.05) is 0 Å². The molecule has 0 saturated heterocycles. The van der Waals surface area contributed by atoms with Gasteiger partial charge >= 0.3 is 6.18 Å². The zero-order valence-electron chi connectivity index (χ0n) is 36.6. The minimum Gasteiger partial charge on any atom is -0.508 e. The third kappa shape index (κ3) is 16.6. The average molecular weight is 915 g/mol. The number of hydrogen-bond donors (Lipinski definition) is 6. The van der Waals surface area contributed by atoms with Crippen LogP contribution in [0.5, 0.6) is 34.5 Å². The lowest BCUT2D eigenvalue weighted by Gasteiger charge is -2.12. The Morgan fingerprint density at radius 1 is 0.444 bits per heavy atom. The summed E-state index contributed by atoms with van der Waals surface area (Å²) in [6, 6.07) is 30.8. The van der Waals surface area contributed by atoms with Crippen LogP contribution in [0.1, 0.15) is 89.5 Å². The van der Waals surface area contributed by atoms with E-state index in [9.17, 15) is 40.2 Å². The molecule has 0 heterocycles. The number of phenolic OH excluding ortho intramolecular Hbond substituents is 6. The molecule has 0 unspecified atom stereocenters.